The number of H-pyrrole nitrogens is 1. The first-order valence-corrected chi connectivity index (χ1v) is 30.8. The average molecular weight is 1280 g/mol. The number of carboxylic acids is 1. The van der Waals surface area contributed by atoms with E-state index in [4.69, 9.17) is 17.2 Å². The van der Waals surface area contributed by atoms with Gasteiger partial charge in [-0.3, -0.25) is 62.3 Å². The Hall–Kier alpha value is -8.74. The number of para-hydroxylation sites is 1. The molecule has 19 N–H and O–H groups in total. The highest BCUT2D eigenvalue weighted by molar-refractivity contribution is 5.99. The molecule has 1 aliphatic heterocycles. The van der Waals surface area contributed by atoms with E-state index < -0.39 is 175 Å². The van der Waals surface area contributed by atoms with Crippen LogP contribution in [0.15, 0.2) is 30.5 Å². The largest absolute Gasteiger partial charge is 0.480 e. The van der Waals surface area contributed by atoms with E-state index in [1.54, 1.807) is 47.7 Å². The van der Waals surface area contributed by atoms with Crippen LogP contribution in [0.25, 0.3) is 10.9 Å². The van der Waals surface area contributed by atoms with Crippen molar-refractivity contribution in [1.82, 2.24) is 68.4 Å². The Morgan fingerprint density at radius 1 is 0.582 bits per heavy atom. The number of benzene rings is 1. The molecule has 2 heterocycles. The molecule has 13 amide bonds. The third-order valence-electron chi connectivity index (χ3n) is 15.1. The zero-order valence-corrected chi connectivity index (χ0v) is 53.7. The Labute approximate surface area is 529 Å². The first-order valence-electron chi connectivity index (χ1n) is 30.8. The number of carboxylic acid groups (broad SMARTS) is 1. The van der Waals surface area contributed by atoms with Gasteiger partial charge < -0.3 is 90.7 Å². The van der Waals surface area contributed by atoms with E-state index in [9.17, 15) is 72.2 Å². The molecule has 1 aliphatic rings. The number of aromatic nitrogens is 1. The molecule has 31 nitrogen and oxygen atoms in total. The molecule has 1 aromatic heterocycles. The van der Waals surface area contributed by atoms with E-state index in [-0.39, 0.29) is 50.5 Å². The van der Waals surface area contributed by atoms with E-state index in [1.807, 2.05) is 38.1 Å². The van der Waals surface area contributed by atoms with E-state index in [2.05, 4.69) is 63.5 Å². The number of nitrogens with zero attached hydrogens (tertiary/aromatic N) is 1. The van der Waals surface area contributed by atoms with E-state index in [1.165, 1.54) is 18.7 Å². The molecule has 1 fully saturated rings. The Morgan fingerprint density at radius 2 is 1.13 bits per heavy atom. The summed E-state index contributed by atoms with van der Waals surface area (Å²) in [6, 6.07) is -4.73. The topological polar surface area (TPSA) is 489 Å². The zero-order chi connectivity index (χ0) is 68.4. The van der Waals surface area contributed by atoms with Gasteiger partial charge in [0.25, 0.3) is 0 Å². The van der Waals surface area contributed by atoms with Gasteiger partial charge in [0.15, 0.2) is 0 Å². The highest BCUT2D eigenvalue weighted by Gasteiger charge is 2.39. The van der Waals surface area contributed by atoms with Crippen molar-refractivity contribution in [3.63, 3.8) is 0 Å². The summed E-state index contributed by atoms with van der Waals surface area (Å²) in [7, 11) is 0. The molecule has 3 rings (SSSR count). The number of carbonyl (C=O) groups excluding carboxylic acids is 13. The predicted molar refractivity (Wildman–Crippen MR) is 333 cm³/mol. The van der Waals surface area contributed by atoms with Crippen LogP contribution in [0.5, 0.6) is 0 Å². The van der Waals surface area contributed by atoms with Gasteiger partial charge in [0, 0.05) is 36.5 Å². The fraction of sp³-hybridized carbons (Fsp3) is 0.633. The van der Waals surface area contributed by atoms with Crippen LogP contribution in [0.2, 0.25) is 0 Å². The van der Waals surface area contributed by atoms with Crippen LogP contribution in [0, 0.1) is 23.7 Å². The normalized spacial score (nSPS) is 16.0. The van der Waals surface area contributed by atoms with Crippen LogP contribution in [0.1, 0.15) is 126 Å². The molecular formula is C60H96N16O15. The van der Waals surface area contributed by atoms with E-state index in [0.29, 0.717) is 37.8 Å². The second-order valence-corrected chi connectivity index (χ2v) is 24.3. The van der Waals surface area contributed by atoms with Gasteiger partial charge in [-0.25, -0.2) is 4.79 Å². The second kappa shape index (κ2) is 37.4. The van der Waals surface area contributed by atoms with Gasteiger partial charge in [0.05, 0.1) is 25.7 Å². The van der Waals surface area contributed by atoms with Gasteiger partial charge in [-0.2, -0.15) is 0 Å². The molecule has 0 spiro atoms. The number of hydrogen-bond acceptors (Lipinski definition) is 16. The molecule has 0 bridgehead atoms. The van der Waals surface area contributed by atoms with Crippen LogP contribution < -0.4 is 75.7 Å². The molecule has 2 aromatic rings. The highest BCUT2D eigenvalue weighted by atomic mass is 16.4. The quantitative estimate of drug-likeness (QED) is 0.0294. The molecule has 0 aliphatic carbocycles. The van der Waals surface area contributed by atoms with Crippen LogP contribution in [0.3, 0.4) is 0 Å². The third kappa shape index (κ3) is 25.2. The predicted octanol–water partition coefficient (Wildman–Crippen LogP) is -3.21. The van der Waals surface area contributed by atoms with Gasteiger partial charge in [0.2, 0.25) is 76.8 Å². The number of amides is 13. The lowest BCUT2D eigenvalue weighted by molar-refractivity contribution is -0.143. The number of primary amides is 1. The monoisotopic (exact) mass is 1280 g/mol. The van der Waals surface area contributed by atoms with Crippen molar-refractivity contribution >= 4 is 93.7 Å². The summed E-state index contributed by atoms with van der Waals surface area (Å²) >= 11 is 0. The smallest absolute Gasteiger partial charge is 0.326 e. The number of nitrogens with one attached hydrogen (secondary N) is 12. The van der Waals surface area contributed by atoms with Crippen molar-refractivity contribution in [2.45, 2.75) is 187 Å². The lowest BCUT2D eigenvalue weighted by Gasteiger charge is -2.29. The number of nitrogens with two attached hydrogens (primary N) is 3. The average Bonchev–Trinajstić information content (AvgIpc) is 2.60. The molecule has 1 aromatic carbocycles. The number of hydrogen-bond donors (Lipinski definition) is 16. The molecule has 91 heavy (non-hydrogen) atoms. The number of carbonyl (C=O) groups is 14. The van der Waals surface area contributed by atoms with Crippen LogP contribution in [0.4, 0.5) is 0 Å². The number of unbranched alkanes of at least 4 members (excludes halogenated alkanes) is 1. The first-order chi connectivity index (χ1) is 42.8. The number of aromatic amines is 1. The first kappa shape index (κ1) is 76.5. The summed E-state index contributed by atoms with van der Waals surface area (Å²) in [6.45, 7) is 14.8. The number of likely N-dealkylation sites (tertiary alicyclic amines) is 1. The van der Waals surface area contributed by atoms with Crippen molar-refractivity contribution in [3.8, 4) is 0 Å². The van der Waals surface area contributed by atoms with Crippen molar-refractivity contribution in [1.29, 1.82) is 0 Å². The highest BCUT2D eigenvalue weighted by Crippen LogP contribution is 2.22. The van der Waals surface area contributed by atoms with Gasteiger partial charge in [-0.1, -0.05) is 73.6 Å². The molecule has 10 atom stereocenters. The van der Waals surface area contributed by atoms with E-state index in [0.717, 1.165) is 10.9 Å². The third-order valence-corrected chi connectivity index (χ3v) is 15.1. The van der Waals surface area contributed by atoms with Crippen molar-refractivity contribution in [2.24, 2.45) is 40.9 Å². The van der Waals surface area contributed by atoms with Gasteiger partial charge >= 0.3 is 5.97 Å². The minimum absolute atomic E-state index is 0.0241. The summed E-state index contributed by atoms with van der Waals surface area (Å²) in [6.07, 6.45) is 3.04. The maximum atomic E-state index is 14.0. The molecule has 0 unspecified atom stereocenters. The second-order valence-electron chi connectivity index (χ2n) is 24.3. The van der Waals surface area contributed by atoms with Crippen LogP contribution in [-0.4, -0.2) is 191 Å². The molecule has 1 saturated heterocycles. The number of rotatable bonds is 38. The summed E-state index contributed by atoms with van der Waals surface area (Å²) < 4.78 is 0. The number of aliphatic carboxylic acids is 1. The summed E-state index contributed by atoms with van der Waals surface area (Å²) in [5, 5.41) is 38.2. The fourth-order valence-corrected chi connectivity index (χ4v) is 9.91. The minimum atomic E-state index is -1.46. The maximum Gasteiger partial charge on any atom is 0.326 e. The Balaban J connectivity index is 1.58. The number of fused-ring (bicyclic) bond motifs is 1. The molecule has 0 saturated carbocycles. The van der Waals surface area contributed by atoms with Crippen molar-refractivity contribution < 1.29 is 72.2 Å². The maximum absolute atomic E-state index is 14.0. The Kier molecular flexibility index (Phi) is 31.5. The van der Waals surface area contributed by atoms with Gasteiger partial charge in [0.1, 0.15) is 54.4 Å². The van der Waals surface area contributed by atoms with Crippen LogP contribution >= 0.6 is 0 Å². The molecule has 506 valence electrons. The lowest BCUT2D eigenvalue weighted by atomic mass is 9.98. The Bertz CT molecular complexity index is 2900. The van der Waals surface area contributed by atoms with Crippen molar-refractivity contribution in [2.75, 3.05) is 32.7 Å². The van der Waals surface area contributed by atoms with Crippen molar-refractivity contribution in [3.05, 3.63) is 36.0 Å². The van der Waals surface area contributed by atoms with Crippen LogP contribution in [-0.2, 0) is 73.5 Å². The lowest BCUT2D eigenvalue weighted by Crippen LogP contribution is -2.60. The minimum Gasteiger partial charge on any atom is -0.480 e. The summed E-state index contributed by atoms with van der Waals surface area (Å²) in [4.78, 5) is 189. The summed E-state index contributed by atoms with van der Waals surface area (Å²) in [5.41, 5.74) is 18.3. The van der Waals surface area contributed by atoms with Gasteiger partial charge in [-0.05, 0) is 101 Å². The molecular weight excluding hydrogens is 1180 g/mol. The Morgan fingerprint density at radius 3 is 1.74 bits per heavy atom. The molecule has 31 heteroatoms. The fourth-order valence-electron chi connectivity index (χ4n) is 9.91. The SMILES string of the molecule is CC(C)C[C@H](N)C(=O)N[C@H](C(=O)NCC(=O)NCC(=O)N[C@@H](CCC(N)=O)C(=O)N[C@H](C(=O)N[C@H](C(=O)N[C@@H](C)C(=O)NCC(=O)N[C@@H](C)C(=O)N1CCC[C@H]1C(=O)N[C@@H](Cc1c[nH]c2ccccc12)C(=O)N[C@@H](CCCCN)C(=O)O)C(C)C)C(C)C)C(C)C. The van der Waals surface area contributed by atoms with Gasteiger partial charge in [-0.15, -0.1) is 0 Å². The standard InChI is InChI=1S/C60H96N16O15/c1-30(2)24-38(62)52(82)73-48(31(3)4)56(86)67-27-45(78)65-28-47(80)70-40(20-21-44(63)77)53(83)74-50(33(7)8)58(88)75-49(32(5)6)57(87)69-34(9)51(81)66-29-46(79)68-35(10)59(89)76-23-15-19-43(76)55(85)72-42(25-36-26-64-39-17-12-11-16-37(36)39)54(84)71-41(60(90)91)18-13-14-22-61/h11-12,16-17,26,30-35,38,40-43,48-50,64H,13-15,18-25,27-29,61-62H2,1-10H3,(H2,63,77)(H,65,78)(H,66,81)(H,67,86)(H,68,79)(H,69,87)(H,70,80)(H,71,84)(H,72,85)(H,73,82)(H,74,83)(H,75,88)(H,90,91)/t34-,35-,38-,40-,41-,42-,43-,48-,49-,50-/m0/s1. The molecule has 0 radical (unpaired) electrons. The zero-order valence-electron chi connectivity index (χ0n) is 53.7. The van der Waals surface area contributed by atoms with E-state index >= 15 is 0 Å². The summed E-state index contributed by atoms with van der Waals surface area (Å²) in [5.74, 6) is -12.7.